The van der Waals surface area contributed by atoms with E-state index in [1.54, 1.807) is 12.3 Å². The molecule has 2 amide bonds. The van der Waals surface area contributed by atoms with Gasteiger partial charge in [0.25, 0.3) is 0 Å². The molecule has 0 bridgehead atoms. The number of urea groups is 1. The fraction of sp³-hybridized carbons (Fsp3) is 0.286. The summed E-state index contributed by atoms with van der Waals surface area (Å²) in [6.07, 6.45) is 7.92. The van der Waals surface area contributed by atoms with Crippen LogP contribution in [0.5, 0.6) is 0 Å². The van der Waals surface area contributed by atoms with Crippen LogP contribution in [-0.2, 0) is 12.0 Å². The first-order valence-electron chi connectivity index (χ1n) is 12.0. The molecule has 36 heavy (non-hydrogen) atoms. The average molecular weight is 542 g/mol. The van der Waals surface area contributed by atoms with Gasteiger partial charge in [-0.15, -0.1) is 0 Å². The van der Waals surface area contributed by atoms with E-state index in [9.17, 15) is 4.79 Å². The Kier molecular flexibility index (Phi) is 7.54. The first-order valence-corrected chi connectivity index (χ1v) is 13.2. The SMILES string of the molecule is O=C(NCc1ccnc(Cl)c1)N1CC2(CCN(C/C=C/c3ccc(Cl)cc3)CC2)c2cc(Cl)ccc21. The second-order valence-electron chi connectivity index (χ2n) is 9.43. The minimum atomic E-state index is -0.114. The molecule has 0 atom stereocenters. The van der Waals surface area contributed by atoms with E-state index in [1.165, 1.54) is 5.56 Å². The molecule has 3 heterocycles. The molecular formula is C28H27Cl3N4O. The van der Waals surface area contributed by atoms with Crippen molar-refractivity contribution in [2.24, 2.45) is 0 Å². The summed E-state index contributed by atoms with van der Waals surface area (Å²) in [5.74, 6) is 0. The van der Waals surface area contributed by atoms with Crippen LogP contribution in [0.4, 0.5) is 10.5 Å². The Morgan fingerprint density at radius 2 is 1.75 bits per heavy atom. The van der Waals surface area contributed by atoms with Gasteiger partial charge in [-0.2, -0.15) is 0 Å². The number of piperidine rings is 1. The van der Waals surface area contributed by atoms with Crippen LogP contribution in [-0.4, -0.2) is 42.1 Å². The first-order chi connectivity index (χ1) is 17.4. The van der Waals surface area contributed by atoms with Crippen molar-refractivity contribution < 1.29 is 4.79 Å². The smallest absolute Gasteiger partial charge is 0.322 e. The van der Waals surface area contributed by atoms with Crippen LogP contribution in [0.1, 0.15) is 29.5 Å². The zero-order valence-corrected chi connectivity index (χ0v) is 22.0. The number of nitrogens with zero attached hydrogens (tertiary/aromatic N) is 3. The maximum atomic E-state index is 13.2. The van der Waals surface area contributed by atoms with Crippen molar-refractivity contribution in [2.75, 3.05) is 31.1 Å². The minimum absolute atomic E-state index is 0.0893. The van der Waals surface area contributed by atoms with Crippen LogP contribution in [0, 0.1) is 0 Å². The maximum Gasteiger partial charge on any atom is 0.322 e. The molecule has 1 N–H and O–H groups in total. The van der Waals surface area contributed by atoms with E-state index in [4.69, 9.17) is 34.8 Å². The zero-order chi connectivity index (χ0) is 25.1. The minimum Gasteiger partial charge on any atom is -0.334 e. The van der Waals surface area contributed by atoms with Crippen LogP contribution in [0.2, 0.25) is 15.2 Å². The highest BCUT2D eigenvalue weighted by molar-refractivity contribution is 6.31. The van der Waals surface area contributed by atoms with Crippen molar-refractivity contribution in [3.8, 4) is 0 Å². The number of halogens is 3. The Labute approximate surface area is 226 Å². The highest BCUT2D eigenvalue weighted by Gasteiger charge is 2.46. The van der Waals surface area contributed by atoms with Gasteiger partial charge in [0.05, 0.1) is 0 Å². The van der Waals surface area contributed by atoms with Gasteiger partial charge in [0.1, 0.15) is 5.15 Å². The Bertz CT molecular complexity index is 1270. The molecule has 1 fully saturated rings. The number of anilines is 1. The fourth-order valence-corrected chi connectivity index (χ4v) is 5.65. The third kappa shape index (κ3) is 5.55. The molecule has 5 nitrogen and oxygen atoms in total. The highest BCUT2D eigenvalue weighted by atomic mass is 35.5. The molecule has 8 heteroatoms. The van der Waals surface area contributed by atoms with Gasteiger partial charge in [0.15, 0.2) is 0 Å². The summed E-state index contributed by atoms with van der Waals surface area (Å²) < 4.78 is 0. The van der Waals surface area contributed by atoms with E-state index in [0.29, 0.717) is 23.3 Å². The summed E-state index contributed by atoms with van der Waals surface area (Å²) >= 11 is 18.4. The number of likely N-dealkylation sites (tertiary alicyclic amines) is 1. The lowest BCUT2D eigenvalue weighted by atomic mass is 9.74. The molecule has 0 aliphatic carbocycles. The number of aromatic nitrogens is 1. The van der Waals surface area contributed by atoms with Crippen LogP contribution >= 0.6 is 34.8 Å². The van der Waals surface area contributed by atoms with Crippen molar-refractivity contribution in [2.45, 2.75) is 24.8 Å². The molecule has 0 unspecified atom stereocenters. The molecular weight excluding hydrogens is 515 g/mol. The average Bonchev–Trinajstić information content (AvgIpc) is 3.18. The van der Waals surface area contributed by atoms with Crippen molar-refractivity contribution >= 4 is 52.6 Å². The van der Waals surface area contributed by atoms with Crippen molar-refractivity contribution in [1.29, 1.82) is 0 Å². The zero-order valence-electron chi connectivity index (χ0n) is 19.8. The Balaban J connectivity index is 1.24. The van der Waals surface area contributed by atoms with E-state index in [0.717, 1.165) is 54.3 Å². The molecule has 5 rings (SSSR count). The number of carbonyl (C=O) groups is 1. The molecule has 2 aromatic carbocycles. The Morgan fingerprint density at radius 1 is 1.00 bits per heavy atom. The monoisotopic (exact) mass is 540 g/mol. The van der Waals surface area contributed by atoms with E-state index < -0.39 is 0 Å². The molecule has 0 radical (unpaired) electrons. The summed E-state index contributed by atoms with van der Waals surface area (Å²) in [5, 5.41) is 4.90. The summed E-state index contributed by atoms with van der Waals surface area (Å²) in [7, 11) is 0. The number of rotatable bonds is 5. The normalized spacial score (nSPS) is 17.0. The summed E-state index contributed by atoms with van der Waals surface area (Å²) in [6.45, 7) is 3.85. The molecule has 1 saturated heterocycles. The van der Waals surface area contributed by atoms with Gasteiger partial charge in [-0.3, -0.25) is 9.80 Å². The second-order valence-corrected chi connectivity index (χ2v) is 10.7. The highest BCUT2D eigenvalue weighted by Crippen LogP contribution is 2.48. The lowest BCUT2D eigenvalue weighted by Crippen LogP contribution is -2.47. The molecule has 3 aromatic rings. The summed E-state index contributed by atoms with van der Waals surface area (Å²) in [5.41, 5.74) is 4.08. The van der Waals surface area contributed by atoms with Gasteiger partial charge in [0.2, 0.25) is 0 Å². The fourth-order valence-electron chi connectivity index (χ4n) is 5.15. The van der Waals surface area contributed by atoms with Gasteiger partial charge in [-0.1, -0.05) is 59.1 Å². The Morgan fingerprint density at radius 3 is 2.50 bits per heavy atom. The first kappa shape index (κ1) is 25.1. The lowest BCUT2D eigenvalue weighted by molar-refractivity contribution is 0.180. The Hall–Kier alpha value is -2.57. The van der Waals surface area contributed by atoms with Gasteiger partial charge < -0.3 is 5.32 Å². The molecule has 1 aromatic heterocycles. The summed E-state index contributed by atoms with van der Waals surface area (Å²) in [6, 6.07) is 17.2. The van der Waals surface area contributed by atoms with E-state index in [1.807, 2.05) is 53.4 Å². The number of carbonyl (C=O) groups excluding carboxylic acids is 1. The third-order valence-electron chi connectivity index (χ3n) is 7.12. The van der Waals surface area contributed by atoms with Gasteiger partial charge >= 0.3 is 6.03 Å². The summed E-state index contributed by atoms with van der Waals surface area (Å²) in [4.78, 5) is 21.6. The predicted molar refractivity (Wildman–Crippen MR) is 148 cm³/mol. The number of benzene rings is 2. The molecule has 2 aliphatic rings. The van der Waals surface area contributed by atoms with Crippen molar-refractivity contribution in [1.82, 2.24) is 15.2 Å². The third-order valence-corrected chi connectivity index (χ3v) is 7.81. The van der Waals surface area contributed by atoms with Gasteiger partial charge in [-0.05, 0) is 85.1 Å². The molecule has 2 aliphatic heterocycles. The van der Waals surface area contributed by atoms with Crippen LogP contribution in [0.3, 0.4) is 0 Å². The quantitative estimate of drug-likeness (QED) is 0.361. The molecule has 0 saturated carbocycles. The van der Waals surface area contributed by atoms with Crippen LogP contribution in [0.15, 0.2) is 66.9 Å². The van der Waals surface area contributed by atoms with Crippen molar-refractivity contribution in [3.05, 3.63) is 98.8 Å². The lowest BCUT2D eigenvalue weighted by Gasteiger charge is -2.39. The largest absolute Gasteiger partial charge is 0.334 e. The predicted octanol–water partition coefficient (Wildman–Crippen LogP) is 6.82. The number of hydrogen-bond acceptors (Lipinski definition) is 3. The number of pyridine rings is 1. The number of hydrogen-bond donors (Lipinski definition) is 1. The number of amides is 2. The van der Waals surface area contributed by atoms with Gasteiger partial charge in [0, 0.05) is 47.0 Å². The second kappa shape index (κ2) is 10.8. The molecule has 1 spiro atoms. The number of fused-ring (bicyclic) bond motifs is 2. The number of nitrogens with one attached hydrogen (secondary N) is 1. The van der Waals surface area contributed by atoms with E-state index in [-0.39, 0.29) is 11.4 Å². The van der Waals surface area contributed by atoms with Crippen LogP contribution < -0.4 is 10.2 Å². The van der Waals surface area contributed by atoms with E-state index >= 15 is 0 Å². The topological polar surface area (TPSA) is 48.5 Å². The maximum absolute atomic E-state index is 13.2. The molecule has 186 valence electrons. The van der Waals surface area contributed by atoms with Crippen molar-refractivity contribution in [3.63, 3.8) is 0 Å². The van der Waals surface area contributed by atoms with Gasteiger partial charge in [-0.25, -0.2) is 9.78 Å². The standard InChI is InChI=1S/C28H27Cl3N4O/c29-22-5-3-20(4-6-22)2-1-13-34-14-10-28(11-15-34)19-35(25-8-7-23(30)17-24(25)28)27(36)33-18-21-9-12-32-26(31)16-21/h1-9,12,16-17H,10-11,13-15,18-19H2,(H,33,36)/b2-1+. The van der Waals surface area contributed by atoms with E-state index in [2.05, 4.69) is 27.4 Å². The van der Waals surface area contributed by atoms with Crippen LogP contribution in [0.25, 0.3) is 6.08 Å².